The minimum absolute atomic E-state index is 0.0286. The van der Waals surface area contributed by atoms with Gasteiger partial charge >= 0.3 is 5.97 Å². The number of esters is 1. The van der Waals surface area contributed by atoms with Gasteiger partial charge in [0.15, 0.2) is 6.61 Å². The number of carbonyl (C=O) groups excluding carboxylic acids is 2. The molecule has 0 aromatic heterocycles. The van der Waals surface area contributed by atoms with Crippen LogP contribution in [0.25, 0.3) is 0 Å². The first-order chi connectivity index (χ1) is 13.1. The summed E-state index contributed by atoms with van der Waals surface area (Å²) in [7, 11) is -1.03. The summed E-state index contributed by atoms with van der Waals surface area (Å²) in [6.07, 6.45) is 0.159. The second kappa shape index (κ2) is 10.6. The Labute approximate surface area is 165 Å². The molecule has 1 aromatic rings. The van der Waals surface area contributed by atoms with Crippen LogP contribution >= 0.6 is 0 Å². The molecule has 28 heavy (non-hydrogen) atoms. The van der Waals surface area contributed by atoms with Gasteiger partial charge in [0.2, 0.25) is 10.0 Å². The van der Waals surface area contributed by atoms with Crippen LogP contribution in [0, 0.1) is 17.2 Å². The molecule has 0 aliphatic carbocycles. The largest absolute Gasteiger partial charge is 0.497 e. The van der Waals surface area contributed by atoms with Crippen LogP contribution in [0.2, 0.25) is 0 Å². The molecule has 0 heterocycles. The van der Waals surface area contributed by atoms with E-state index in [0.717, 1.165) is 0 Å². The van der Waals surface area contributed by atoms with Gasteiger partial charge in [-0.25, -0.2) is 8.42 Å². The minimum Gasteiger partial charge on any atom is -0.497 e. The van der Waals surface area contributed by atoms with E-state index >= 15 is 0 Å². The van der Waals surface area contributed by atoms with Crippen LogP contribution < -0.4 is 9.46 Å². The topological polar surface area (TPSA) is 126 Å². The number of methoxy groups -OCH3 is 1. The lowest BCUT2D eigenvalue weighted by Gasteiger charge is -2.22. The lowest BCUT2D eigenvalue weighted by molar-refractivity contribution is -0.153. The van der Waals surface area contributed by atoms with Crippen LogP contribution in [-0.2, 0) is 24.3 Å². The van der Waals surface area contributed by atoms with Crippen LogP contribution in [0.3, 0.4) is 0 Å². The second-order valence-corrected chi connectivity index (χ2v) is 8.06. The lowest BCUT2D eigenvalue weighted by Crippen LogP contribution is -2.46. The van der Waals surface area contributed by atoms with Crippen molar-refractivity contribution in [2.45, 2.75) is 31.2 Å². The molecule has 1 amide bonds. The Morgan fingerprint density at radius 2 is 1.86 bits per heavy atom. The Balaban J connectivity index is 2.79. The summed E-state index contributed by atoms with van der Waals surface area (Å²) in [5, 5.41) is 8.53. The summed E-state index contributed by atoms with van der Waals surface area (Å²) in [6, 6.07) is 6.45. The van der Waals surface area contributed by atoms with Gasteiger partial charge < -0.3 is 14.4 Å². The normalized spacial score (nSPS) is 12.1. The third kappa shape index (κ3) is 6.83. The Kier molecular flexibility index (Phi) is 8.88. The molecule has 10 heteroatoms. The van der Waals surface area contributed by atoms with Crippen molar-refractivity contribution in [3.63, 3.8) is 0 Å². The van der Waals surface area contributed by atoms with Gasteiger partial charge in [-0.1, -0.05) is 13.8 Å². The second-order valence-electron chi connectivity index (χ2n) is 6.35. The van der Waals surface area contributed by atoms with E-state index in [9.17, 15) is 18.0 Å². The predicted octanol–water partition coefficient (Wildman–Crippen LogP) is 0.913. The molecule has 0 spiro atoms. The molecule has 1 aromatic carbocycles. The maximum Gasteiger partial charge on any atom is 0.324 e. The van der Waals surface area contributed by atoms with Crippen molar-refractivity contribution in [1.29, 1.82) is 5.26 Å². The number of nitrogens with zero attached hydrogens (tertiary/aromatic N) is 2. The van der Waals surface area contributed by atoms with Gasteiger partial charge in [-0.15, -0.1) is 0 Å². The van der Waals surface area contributed by atoms with Crippen LogP contribution in [0.1, 0.15) is 20.3 Å². The SMILES string of the molecule is COc1ccc(S(=O)(=O)N[C@H](C(=O)OCC(=O)N(C)CCC#N)C(C)C)cc1. The van der Waals surface area contributed by atoms with E-state index in [0.29, 0.717) is 5.75 Å². The molecule has 154 valence electrons. The number of hydrogen-bond acceptors (Lipinski definition) is 7. The smallest absolute Gasteiger partial charge is 0.324 e. The average molecular weight is 411 g/mol. The molecule has 1 atom stereocenters. The van der Waals surface area contributed by atoms with Crippen molar-refractivity contribution in [2.24, 2.45) is 5.92 Å². The molecule has 0 radical (unpaired) electrons. The zero-order chi connectivity index (χ0) is 21.3. The zero-order valence-electron chi connectivity index (χ0n) is 16.3. The zero-order valence-corrected chi connectivity index (χ0v) is 17.2. The number of benzene rings is 1. The number of nitriles is 1. The fourth-order valence-corrected chi connectivity index (χ4v) is 3.45. The van der Waals surface area contributed by atoms with Crippen molar-refractivity contribution < 1.29 is 27.5 Å². The number of carbonyl (C=O) groups is 2. The van der Waals surface area contributed by atoms with Crippen molar-refractivity contribution >= 4 is 21.9 Å². The maximum atomic E-state index is 12.6. The molecule has 0 unspecified atom stereocenters. The van der Waals surface area contributed by atoms with Gasteiger partial charge in [0, 0.05) is 13.6 Å². The molecule has 1 N–H and O–H groups in total. The molecule has 0 aliphatic rings. The number of sulfonamides is 1. The summed E-state index contributed by atoms with van der Waals surface area (Å²) in [5.74, 6) is -1.25. The molecule has 0 saturated heterocycles. The highest BCUT2D eigenvalue weighted by Crippen LogP contribution is 2.17. The summed E-state index contributed by atoms with van der Waals surface area (Å²) < 4.78 is 37.4. The fraction of sp³-hybridized carbons (Fsp3) is 0.500. The quantitative estimate of drug-likeness (QED) is 0.567. The van der Waals surface area contributed by atoms with Crippen LogP contribution in [-0.4, -0.2) is 58.5 Å². The average Bonchev–Trinajstić information content (AvgIpc) is 2.67. The van der Waals surface area contributed by atoms with Gasteiger partial charge in [-0.3, -0.25) is 9.59 Å². The summed E-state index contributed by atoms with van der Waals surface area (Å²) in [5.41, 5.74) is 0. The number of likely N-dealkylation sites (N-methyl/N-ethyl adjacent to an activating group) is 1. The first-order valence-electron chi connectivity index (χ1n) is 8.56. The van der Waals surface area contributed by atoms with Gasteiger partial charge in [0.05, 0.1) is 24.5 Å². The molecular formula is C18H25N3O6S. The number of rotatable bonds is 10. The van der Waals surface area contributed by atoms with Crippen LogP contribution in [0.5, 0.6) is 5.75 Å². The maximum absolute atomic E-state index is 12.6. The Morgan fingerprint density at radius 1 is 1.25 bits per heavy atom. The van der Waals surface area contributed by atoms with E-state index < -0.39 is 40.5 Å². The number of nitrogens with one attached hydrogen (secondary N) is 1. The number of amides is 1. The van der Waals surface area contributed by atoms with E-state index in [1.807, 2.05) is 6.07 Å². The fourth-order valence-electron chi connectivity index (χ4n) is 2.12. The first-order valence-corrected chi connectivity index (χ1v) is 10.0. The molecule has 0 saturated carbocycles. The van der Waals surface area contributed by atoms with E-state index in [4.69, 9.17) is 14.7 Å². The molecule has 1 rings (SSSR count). The summed E-state index contributed by atoms with van der Waals surface area (Å²) >= 11 is 0. The third-order valence-electron chi connectivity index (χ3n) is 3.90. The predicted molar refractivity (Wildman–Crippen MR) is 101 cm³/mol. The third-order valence-corrected chi connectivity index (χ3v) is 5.35. The lowest BCUT2D eigenvalue weighted by atomic mass is 10.1. The first kappa shape index (κ1) is 23.4. The van der Waals surface area contributed by atoms with Gasteiger partial charge in [0.1, 0.15) is 11.8 Å². The van der Waals surface area contributed by atoms with E-state index in [1.165, 1.54) is 43.3 Å². The molecule has 0 fully saturated rings. The standard InChI is InChI=1S/C18H25N3O6S/c1-13(2)17(18(23)27-12-16(22)21(3)11-5-10-19)20-28(24,25)15-8-6-14(26-4)7-9-15/h6-9,13,17,20H,5,11-12H2,1-4H3/t17-/m0/s1. The van der Waals surface area contributed by atoms with Crippen molar-refractivity contribution in [2.75, 3.05) is 27.3 Å². The minimum atomic E-state index is -3.98. The highest BCUT2D eigenvalue weighted by atomic mass is 32.2. The van der Waals surface area contributed by atoms with Gasteiger partial charge in [-0.2, -0.15) is 9.98 Å². The molecular weight excluding hydrogens is 386 g/mol. The van der Waals surface area contributed by atoms with Gasteiger partial charge in [-0.05, 0) is 30.2 Å². The van der Waals surface area contributed by atoms with E-state index in [2.05, 4.69) is 4.72 Å². The van der Waals surface area contributed by atoms with Crippen LogP contribution in [0.15, 0.2) is 29.2 Å². The number of ether oxygens (including phenoxy) is 2. The highest BCUT2D eigenvalue weighted by molar-refractivity contribution is 7.89. The van der Waals surface area contributed by atoms with Gasteiger partial charge in [0.25, 0.3) is 5.91 Å². The van der Waals surface area contributed by atoms with Crippen molar-refractivity contribution in [3.05, 3.63) is 24.3 Å². The van der Waals surface area contributed by atoms with Crippen molar-refractivity contribution in [1.82, 2.24) is 9.62 Å². The molecule has 0 aliphatic heterocycles. The Morgan fingerprint density at radius 3 is 2.36 bits per heavy atom. The van der Waals surface area contributed by atoms with Crippen LogP contribution in [0.4, 0.5) is 0 Å². The van der Waals surface area contributed by atoms with E-state index in [-0.39, 0.29) is 17.9 Å². The Bertz CT molecular complexity index is 815. The number of hydrogen-bond donors (Lipinski definition) is 1. The van der Waals surface area contributed by atoms with Crippen molar-refractivity contribution in [3.8, 4) is 11.8 Å². The molecule has 0 bridgehead atoms. The summed E-state index contributed by atoms with van der Waals surface area (Å²) in [4.78, 5) is 25.5. The summed E-state index contributed by atoms with van der Waals surface area (Å²) in [6.45, 7) is 2.99. The van der Waals surface area contributed by atoms with E-state index in [1.54, 1.807) is 13.8 Å². The Hall–Kier alpha value is -2.64. The molecule has 9 nitrogen and oxygen atoms in total. The monoisotopic (exact) mass is 411 g/mol. The highest BCUT2D eigenvalue weighted by Gasteiger charge is 2.30.